The van der Waals surface area contributed by atoms with Crippen LogP contribution in [0.15, 0.2) is 23.1 Å². The van der Waals surface area contributed by atoms with Crippen molar-refractivity contribution in [3.05, 3.63) is 29.0 Å². The molecule has 2 rings (SSSR count). The van der Waals surface area contributed by atoms with Gasteiger partial charge in [-0.05, 0) is 25.1 Å². The molecule has 2 aromatic rings. The van der Waals surface area contributed by atoms with Crippen molar-refractivity contribution in [2.45, 2.75) is 11.8 Å². The summed E-state index contributed by atoms with van der Waals surface area (Å²) >= 11 is 5.57. The Morgan fingerprint density at radius 1 is 1.50 bits per heavy atom. The van der Waals surface area contributed by atoms with Gasteiger partial charge in [-0.1, -0.05) is 11.6 Å². The molecule has 0 unspecified atom stereocenters. The van der Waals surface area contributed by atoms with Gasteiger partial charge in [-0.3, -0.25) is 0 Å². The summed E-state index contributed by atoms with van der Waals surface area (Å²) in [7, 11) is -4.14. The van der Waals surface area contributed by atoms with Crippen LogP contribution in [0, 0.1) is 5.82 Å². The highest BCUT2D eigenvalue weighted by atomic mass is 35.5. The Bertz CT molecular complexity index is 719. The lowest BCUT2D eigenvalue weighted by atomic mass is 10.3. The third kappa shape index (κ3) is 3.17. The Hall–Kier alpha value is -1.87. The number of rotatable bonds is 5. The van der Waals surface area contributed by atoms with Crippen LogP contribution in [-0.2, 0) is 10.0 Å². The second-order valence-corrected chi connectivity index (χ2v) is 5.67. The molecule has 0 aliphatic rings. The maximum atomic E-state index is 13.6. The van der Waals surface area contributed by atoms with Crippen molar-refractivity contribution in [2.75, 3.05) is 11.3 Å². The van der Waals surface area contributed by atoms with Crippen molar-refractivity contribution < 1.29 is 17.5 Å². The largest absolute Gasteiger partial charge is 0.463 e. The minimum absolute atomic E-state index is 0.0122. The highest BCUT2D eigenvalue weighted by Crippen LogP contribution is 2.21. The van der Waals surface area contributed by atoms with Gasteiger partial charge < -0.3 is 4.74 Å². The van der Waals surface area contributed by atoms with E-state index < -0.39 is 20.7 Å². The fourth-order valence-electron chi connectivity index (χ4n) is 1.36. The van der Waals surface area contributed by atoms with Crippen molar-refractivity contribution in [1.29, 1.82) is 0 Å². The molecule has 0 aliphatic heterocycles. The summed E-state index contributed by atoms with van der Waals surface area (Å²) in [5.74, 6) is -1.14. The van der Waals surface area contributed by atoms with Crippen LogP contribution in [0.3, 0.4) is 0 Å². The van der Waals surface area contributed by atoms with Crippen molar-refractivity contribution in [3.8, 4) is 6.01 Å². The van der Waals surface area contributed by atoms with E-state index in [1.807, 2.05) is 0 Å². The lowest BCUT2D eigenvalue weighted by molar-refractivity contribution is 0.314. The van der Waals surface area contributed by atoms with E-state index in [9.17, 15) is 12.8 Å². The molecule has 2 N–H and O–H groups in total. The van der Waals surface area contributed by atoms with Crippen LogP contribution >= 0.6 is 11.6 Å². The van der Waals surface area contributed by atoms with Crippen LogP contribution in [0.1, 0.15) is 6.92 Å². The van der Waals surface area contributed by atoms with Gasteiger partial charge in [0.15, 0.2) is 0 Å². The summed E-state index contributed by atoms with van der Waals surface area (Å²) in [6.07, 6.45) is 0. The van der Waals surface area contributed by atoms with Gasteiger partial charge >= 0.3 is 6.01 Å². The molecule has 108 valence electrons. The smallest absolute Gasteiger partial charge is 0.337 e. The predicted molar refractivity (Wildman–Crippen MR) is 69.8 cm³/mol. The molecule has 10 heteroatoms. The van der Waals surface area contributed by atoms with Crippen molar-refractivity contribution in [2.24, 2.45) is 0 Å². The topological polar surface area (TPSA) is 97.0 Å². The number of hydrogen-bond donors (Lipinski definition) is 2. The first-order chi connectivity index (χ1) is 9.42. The first-order valence-corrected chi connectivity index (χ1v) is 7.31. The van der Waals surface area contributed by atoms with Crippen LogP contribution in [0.2, 0.25) is 5.02 Å². The number of nitrogens with zero attached hydrogens (tertiary/aromatic N) is 2. The van der Waals surface area contributed by atoms with E-state index in [1.165, 1.54) is 6.07 Å². The van der Waals surface area contributed by atoms with E-state index in [2.05, 4.69) is 19.9 Å². The summed E-state index contributed by atoms with van der Waals surface area (Å²) in [6.45, 7) is 2.05. The Morgan fingerprint density at radius 2 is 2.25 bits per heavy atom. The number of sulfonamides is 1. The van der Waals surface area contributed by atoms with Crippen LogP contribution in [0.5, 0.6) is 6.01 Å². The van der Waals surface area contributed by atoms with Crippen LogP contribution in [0.4, 0.5) is 10.3 Å². The van der Waals surface area contributed by atoms with Gasteiger partial charge in [-0.25, -0.2) is 22.6 Å². The molecular weight excluding hydrogens is 311 g/mol. The molecular formula is C10H10ClFN4O3S. The third-order valence-electron chi connectivity index (χ3n) is 2.15. The third-order valence-corrected chi connectivity index (χ3v) is 3.76. The maximum Gasteiger partial charge on any atom is 0.337 e. The van der Waals surface area contributed by atoms with E-state index in [-0.39, 0.29) is 17.0 Å². The van der Waals surface area contributed by atoms with Crippen LogP contribution in [0.25, 0.3) is 0 Å². The molecule has 7 nitrogen and oxygen atoms in total. The van der Waals surface area contributed by atoms with Crippen molar-refractivity contribution in [3.63, 3.8) is 0 Å². The molecule has 20 heavy (non-hydrogen) atoms. The van der Waals surface area contributed by atoms with E-state index in [0.29, 0.717) is 6.61 Å². The molecule has 0 radical (unpaired) electrons. The minimum atomic E-state index is -4.14. The number of H-pyrrole nitrogens is 1. The molecule has 0 spiro atoms. The molecule has 1 aromatic carbocycles. The highest BCUT2D eigenvalue weighted by Gasteiger charge is 2.21. The van der Waals surface area contributed by atoms with Gasteiger partial charge in [-0.15, -0.1) is 5.10 Å². The number of ether oxygens (including phenoxy) is 1. The van der Waals surface area contributed by atoms with Gasteiger partial charge in [0, 0.05) is 5.02 Å². The predicted octanol–water partition coefficient (Wildman–Crippen LogP) is 1.80. The fourth-order valence-corrected chi connectivity index (χ4v) is 2.54. The molecule has 0 saturated carbocycles. The zero-order chi connectivity index (χ0) is 14.8. The van der Waals surface area contributed by atoms with Crippen molar-refractivity contribution >= 4 is 27.6 Å². The Balaban J connectivity index is 2.26. The lowest BCUT2D eigenvalue weighted by Gasteiger charge is -2.06. The van der Waals surface area contributed by atoms with Gasteiger partial charge in [0.2, 0.25) is 5.95 Å². The van der Waals surface area contributed by atoms with E-state index in [0.717, 1.165) is 12.1 Å². The number of benzene rings is 1. The average Bonchev–Trinajstić information content (AvgIpc) is 2.75. The Labute approximate surface area is 119 Å². The normalized spacial score (nSPS) is 11.3. The zero-order valence-electron chi connectivity index (χ0n) is 10.2. The fraction of sp³-hybridized carbons (Fsp3) is 0.200. The molecule has 0 atom stereocenters. The number of hydrogen-bond acceptors (Lipinski definition) is 5. The SMILES string of the molecule is CCOc1n[nH]c(NS(=O)(=O)c2ccc(Cl)cc2F)n1. The minimum Gasteiger partial charge on any atom is -0.463 e. The van der Waals surface area contributed by atoms with E-state index >= 15 is 0 Å². The second kappa shape index (κ2) is 5.63. The highest BCUT2D eigenvalue weighted by molar-refractivity contribution is 7.92. The molecule has 1 heterocycles. The van der Waals surface area contributed by atoms with Gasteiger partial charge in [-0.2, -0.15) is 4.98 Å². The second-order valence-electron chi connectivity index (χ2n) is 3.58. The summed E-state index contributed by atoms with van der Waals surface area (Å²) in [6, 6.07) is 3.22. The summed E-state index contributed by atoms with van der Waals surface area (Å²) in [4.78, 5) is 3.19. The average molecular weight is 321 g/mol. The summed E-state index contributed by atoms with van der Waals surface area (Å²) in [5, 5.41) is 6.04. The standard InChI is InChI=1S/C10H10ClFN4O3S/c1-2-19-10-13-9(14-15-10)16-20(17,18)8-4-3-6(11)5-7(8)12/h3-5H,2H2,1H3,(H2,13,14,15,16). The summed E-state index contributed by atoms with van der Waals surface area (Å²) in [5.41, 5.74) is 0. The Morgan fingerprint density at radius 3 is 2.90 bits per heavy atom. The zero-order valence-corrected chi connectivity index (χ0v) is 11.8. The molecule has 0 fully saturated rings. The van der Waals surface area contributed by atoms with Gasteiger partial charge in [0.1, 0.15) is 10.7 Å². The molecule has 0 bridgehead atoms. The first-order valence-electron chi connectivity index (χ1n) is 5.45. The molecule has 0 aliphatic carbocycles. The van der Waals surface area contributed by atoms with Gasteiger partial charge in [0.05, 0.1) is 6.61 Å². The molecule has 1 aromatic heterocycles. The van der Waals surface area contributed by atoms with Crippen molar-refractivity contribution in [1.82, 2.24) is 15.2 Å². The number of nitrogens with one attached hydrogen (secondary N) is 2. The quantitative estimate of drug-likeness (QED) is 0.875. The number of halogens is 2. The van der Waals surface area contributed by atoms with E-state index in [4.69, 9.17) is 16.3 Å². The van der Waals surface area contributed by atoms with Crippen LogP contribution in [-0.4, -0.2) is 30.2 Å². The lowest BCUT2D eigenvalue weighted by Crippen LogP contribution is -2.15. The summed E-state index contributed by atoms with van der Waals surface area (Å²) < 4.78 is 44.6. The van der Waals surface area contributed by atoms with E-state index in [1.54, 1.807) is 6.92 Å². The van der Waals surface area contributed by atoms with Crippen LogP contribution < -0.4 is 9.46 Å². The first kappa shape index (κ1) is 14.5. The molecule has 0 amide bonds. The van der Waals surface area contributed by atoms with Gasteiger partial charge in [0.25, 0.3) is 10.0 Å². The number of anilines is 1. The monoisotopic (exact) mass is 320 g/mol. The molecule has 0 saturated heterocycles. The maximum absolute atomic E-state index is 13.6. The Kier molecular flexibility index (Phi) is 4.09. The number of aromatic amines is 1. The number of aromatic nitrogens is 3.